The number of rotatable bonds is 1. The molecule has 0 aliphatic carbocycles. The van der Waals surface area contributed by atoms with Crippen LogP contribution in [0.1, 0.15) is 0 Å². The highest BCUT2D eigenvalue weighted by atomic mass is 16.5. The summed E-state index contributed by atoms with van der Waals surface area (Å²) >= 11 is 0. The summed E-state index contributed by atoms with van der Waals surface area (Å²) in [5.74, 6) is 0.789. The molecular formula is C10H10N2O. The van der Waals surface area contributed by atoms with E-state index in [1.54, 1.807) is 19.5 Å². The highest BCUT2D eigenvalue weighted by Crippen LogP contribution is 2.28. The molecule has 3 nitrogen and oxygen atoms in total. The van der Waals surface area contributed by atoms with Crippen molar-refractivity contribution in [3.8, 4) is 5.75 Å². The largest absolute Gasteiger partial charge is 0.496 e. The third-order valence-corrected chi connectivity index (χ3v) is 1.99. The Morgan fingerprint density at radius 3 is 2.92 bits per heavy atom. The fourth-order valence-electron chi connectivity index (χ4n) is 1.40. The summed E-state index contributed by atoms with van der Waals surface area (Å²) in [4.78, 5) is 4.01. The monoisotopic (exact) mass is 174 g/mol. The smallest absolute Gasteiger partial charge is 0.128 e. The van der Waals surface area contributed by atoms with E-state index < -0.39 is 0 Å². The van der Waals surface area contributed by atoms with E-state index in [1.807, 2.05) is 18.2 Å². The number of fused-ring (bicyclic) bond motifs is 1. The number of methoxy groups -OCH3 is 1. The van der Waals surface area contributed by atoms with E-state index >= 15 is 0 Å². The van der Waals surface area contributed by atoms with Crippen molar-refractivity contribution in [2.45, 2.75) is 0 Å². The van der Waals surface area contributed by atoms with Crippen molar-refractivity contribution in [3.05, 3.63) is 30.6 Å². The maximum atomic E-state index is 5.79. The quantitative estimate of drug-likeness (QED) is 0.717. The molecule has 0 atom stereocenters. The molecule has 0 bridgehead atoms. The van der Waals surface area contributed by atoms with Gasteiger partial charge in [0, 0.05) is 17.0 Å². The summed E-state index contributed by atoms with van der Waals surface area (Å²) in [6, 6.07) is 5.77. The lowest BCUT2D eigenvalue weighted by molar-refractivity contribution is 0.420. The second kappa shape index (κ2) is 2.94. The first-order valence-corrected chi connectivity index (χ1v) is 3.99. The number of hydrogen-bond donors (Lipinski definition) is 1. The average Bonchev–Trinajstić information content (AvgIpc) is 2.17. The van der Waals surface area contributed by atoms with Crippen molar-refractivity contribution < 1.29 is 4.74 Å². The Balaban J connectivity index is 2.87. The van der Waals surface area contributed by atoms with Gasteiger partial charge in [-0.25, -0.2) is 0 Å². The summed E-state index contributed by atoms with van der Waals surface area (Å²) in [5, 5.41) is 1.93. The van der Waals surface area contributed by atoms with Crippen molar-refractivity contribution in [3.63, 3.8) is 0 Å². The summed E-state index contributed by atoms with van der Waals surface area (Å²) in [7, 11) is 1.63. The van der Waals surface area contributed by atoms with Gasteiger partial charge in [-0.3, -0.25) is 4.98 Å². The van der Waals surface area contributed by atoms with E-state index in [0.29, 0.717) is 5.69 Å². The van der Waals surface area contributed by atoms with E-state index in [0.717, 1.165) is 16.5 Å². The molecule has 1 aromatic heterocycles. The molecule has 2 aromatic rings. The third-order valence-electron chi connectivity index (χ3n) is 1.99. The Morgan fingerprint density at radius 2 is 2.15 bits per heavy atom. The van der Waals surface area contributed by atoms with Crippen LogP contribution in [0.5, 0.6) is 5.75 Å². The highest BCUT2D eigenvalue weighted by molar-refractivity contribution is 5.96. The van der Waals surface area contributed by atoms with E-state index in [9.17, 15) is 0 Å². The maximum absolute atomic E-state index is 5.79. The van der Waals surface area contributed by atoms with E-state index in [1.165, 1.54) is 0 Å². The molecule has 0 fully saturated rings. The van der Waals surface area contributed by atoms with Crippen molar-refractivity contribution in [1.82, 2.24) is 4.98 Å². The average molecular weight is 174 g/mol. The fourth-order valence-corrected chi connectivity index (χ4v) is 1.40. The molecule has 0 saturated heterocycles. The summed E-state index contributed by atoms with van der Waals surface area (Å²) < 4.78 is 5.20. The lowest BCUT2D eigenvalue weighted by Gasteiger charge is -2.06. The van der Waals surface area contributed by atoms with Crippen LogP contribution in [-0.4, -0.2) is 12.1 Å². The van der Waals surface area contributed by atoms with Gasteiger partial charge >= 0.3 is 0 Å². The highest BCUT2D eigenvalue weighted by Gasteiger charge is 2.03. The molecule has 0 amide bonds. The fraction of sp³-hybridized carbons (Fsp3) is 0.100. The zero-order valence-electron chi connectivity index (χ0n) is 7.32. The zero-order chi connectivity index (χ0) is 9.26. The summed E-state index contributed by atoms with van der Waals surface area (Å²) in [6.07, 6.45) is 3.40. The second-order valence-corrected chi connectivity index (χ2v) is 2.79. The predicted octanol–water partition coefficient (Wildman–Crippen LogP) is 1.83. The standard InChI is InChI=1S/C10H10N2O/c1-13-9-4-2-3-7-5-12-6-8(11)10(7)9/h2-6H,11H2,1H3. The van der Waals surface area contributed by atoms with Gasteiger partial charge in [-0.1, -0.05) is 12.1 Å². The Labute approximate surface area is 76.2 Å². The van der Waals surface area contributed by atoms with Crippen LogP contribution in [0.4, 0.5) is 5.69 Å². The van der Waals surface area contributed by atoms with Crippen LogP contribution in [0.3, 0.4) is 0 Å². The van der Waals surface area contributed by atoms with E-state index in [-0.39, 0.29) is 0 Å². The zero-order valence-corrected chi connectivity index (χ0v) is 7.32. The molecular weight excluding hydrogens is 164 g/mol. The molecule has 0 spiro atoms. The predicted molar refractivity (Wildman–Crippen MR) is 52.7 cm³/mol. The van der Waals surface area contributed by atoms with Gasteiger partial charge in [-0.2, -0.15) is 0 Å². The van der Waals surface area contributed by atoms with Crippen LogP contribution in [0.2, 0.25) is 0 Å². The number of pyridine rings is 1. The SMILES string of the molecule is COc1cccc2cncc(N)c12. The number of nitrogens with two attached hydrogens (primary N) is 1. The number of ether oxygens (including phenoxy) is 1. The summed E-state index contributed by atoms with van der Waals surface area (Å²) in [6.45, 7) is 0. The van der Waals surface area contributed by atoms with Crippen LogP contribution in [0, 0.1) is 0 Å². The van der Waals surface area contributed by atoms with Gasteiger partial charge in [0.05, 0.1) is 19.0 Å². The molecule has 1 heterocycles. The van der Waals surface area contributed by atoms with Crippen molar-refractivity contribution in [1.29, 1.82) is 0 Å². The number of anilines is 1. The number of hydrogen-bond acceptors (Lipinski definition) is 3. The first-order valence-electron chi connectivity index (χ1n) is 3.99. The number of benzene rings is 1. The first kappa shape index (κ1) is 7.86. The molecule has 1 aromatic carbocycles. The van der Waals surface area contributed by atoms with Crippen LogP contribution < -0.4 is 10.5 Å². The van der Waals surface area contributed by atoms with Gasteiger partial charge in [0.2, 0.25) is 0 Å². The minimum absolute atomic E-state index is 0.648. The van der Waals surface area contributed by atoms with Crippen molar-refractivity contribution in [2.75, 3.05) is 12.8 Å². The van der Waals surface area contributed by atoms with Crippen LogP contribution >= 0.6 is 0 Å². The van der Waals surface area contributed by atoms with E-state index in [2.05, 4.69) is 4.98 Å². The lowest BCUT2D eigenvalue weighted by Crippen LogP contribution is -1.91. The van der Waals surface area contributed by atoms with Crippen LogP contribution in [0.25, 0.3) is 10.8 Å². The molecule has 0 aliphatic rings. The second-order valence-electron chi connectivity index (χ2n) is 2.79. The molecule has 13 heavy (non-hydrogen) atoms. The molecule has 0 unspecified atom stereocenters. The van der Waals surface area contributed by atoms with Gasteiger partial charge in [-0.05, 0) is 6.07 Å². The Hall–Kier alpha value is -1.77. The van der Waals surface area contributed by atoms with Crippen LogP contribution in [0.15, 0.2) is 30.6 Å². The molecule has 66 valence electrons. The molecule has 0 radical (unpaired) electrons. The van der Waals surface area contributed by atoms with Crippen LogP contribution in [-0.2, 0) is 0 Å². The van der Waals surface area contributed by atoms with E-state index in [4.69, 9.17) is 10.5 Å². The minimum Gasteiger partial charge on any atom is -0.496 e. The number of nitrogens with zero attached hydrogens (tertiary/aromatic N) is 1. The minimum atomic E-state index is 0.648. The normalized spacial score (nSPS) is 10.2. The van der Waals surface area contributed by atoms with Gasteiger partial charge in [-0.15, -0.1) is 0 Å². The maximum Gasteiger partial charge on any atom is 0.128 e. The molecule has 0 aliphatic heterocycles. The first-order chi connectivity index (χ1) is 6.33. The number of aromatic nitrogens is 1. The Bertz CT molecular complexity index is 435. The molecule has 2 N–H and O–H groups in total. The third kappa shape index (κ3) is 1.18. The summed E-state index contributed by atoms with van der Waals surface area (Å²) in [5.41, 5.74) is 6.44. The van der Waals surface area contributed by atoms with Gasteiger partial charge < -0.3 is 10.5 Å². The Morgan fingerprint density at radius 1 is 1.31 bits per heavy atom. The number of nitrogen functional groups attached to an aromatic ring is 1. The Kier molecular flexibility index (Phi) is 1.77. The topological polar surface area (TPSA) is 48.1 Å². The van der Waals surface area contributed by atoms with Gasteiger partial charge in [0.25, 0.3) is 0 Å². The molecule has 2 rings (SSSR count). The van der Waals surface area contributed by atoms with Crippen molar-refractivity contribution >= 4 is 16.5 Å². The molecule has 0 saturated carbocycles. The van der Waals surface area contributed by atoms with Gasteiger partial charge in [0.15, 0.2) is 0 Å². The molecule has 3 heteroatoms. The van der Waals surface area contributed by atoms with Gasteiger partial charge in [0.1, 0.15) is 5.75 Å². The lowest BCUT2D eigenvalue weighted by atomic mass is 10.1. The van der Waals surface area contributed by atoms with Crippen molar-refractivity contribution in [2.24, 2.45) is 0 Å².